The van der Waals surface area contributed by atoms with Crippen LogP contribution in [0, 0.1) is 0 Å². The van der Waals surface area contributed by atoms with Gasteiger partial charge in [-0.1, -0.05) is 25.5 Å². The number of carbonyl (C=O) groups excluding carboxylic acids is 1. The van der Waals surface area contributed by atoms with Crippen molar-refractivity contribution in [2.75, 3.05) is 7.05 Å². The number of hydrogen-bond donors (Lipinski definition) is 1. The van der Waals surface area contributed by atoms with E-state index >= 15 is 0 Å². The highest BCUT2D eigenvalue weighted by atomic mass is 32.1. The van der Waals surface area contributed by atoms with E-state index in [4.69, 9.17) is 0 Å². The number of aryl methyl sites for hydroxylation is 1. The molecule has 0 aliphatic rings. The quantitative estimate of drug-likeness (QED) is 0.775. The number of fused-ring (bicyclic) bond motifs is 1. The summed E-state index contributed by atoms with van der Waals surface area (Å²) in [6, 6.07) is 9.77. The first-order chi connectivity index (χ1) is 11.1. The van der Waals surface area contributed by atoms with E-state index in [0.717, 1.165) is 33.8 Å². The molecule has 1 N–H and O–H groups in total. The fourth-order valence-electron chi connectivity index (χ4n) is 2.46. The molecule has 2 heterocycles. The molecule has 5 nitrogen and oxygen atoms in total. The number of H-pyrrole nitrogens is 1. The normalized spacial score (nSPS) is 12.5. The Hall–Kier alpha value is -2.21. The Morgan fingerprint density at radius 1 is 1.39 bits per heavy atom. The van der Waals surface area contributed by atoms with Crippen LogP contribution in [0.25, 0.3) is 10.2 Å². The average molecular weight is 328 g/mol. The van der Waals surface area contributed by atoms with Gasteiger partial charge in [0.1, 0.15) is 10.7 Å². The van der Waals surface area contributed by atoms with Crippen LogP contribution in [-0.4, -0.2) is 33.0 Å². The van der Waals surface area contributed by atoms with Crippen molar-refractivity contribution in [1.82, 2.24) is 20.1 Å². The third-order valence-electron chi connectivity index (χ3n) is 3.94. The van der Waals surface area contributed by atoms with Crippen LogP contribution in [-0.2, 0) is 6.42 Å². The number of benzene rings is 1. The Bertz CT molecular complexity index is 790. The second-order valence-electron chi connectivity index (χ2n) is 5.64. The summed E-state index contributed by atoms with van der Waals surface area (Å²) < 4.78 is 1.14. The summed E-state index contributed by atoms with van der Waals surface area (Å²) in [7, 11) is 1.80. The van der Waals surface area contributed by atoms with Gasteiger partial charge in [-0.2, -0.15) is 5.10 Å². The maximum Gasteiger partial charge on any atom is 0.274 e. The van der Waals surface area contributed by atoms with E-state index in [0.29, 0.717) is 5.69 Å². The first kappa shape index (κ1) is 15.7. The zero-order chi connectivity index (χ0) is 16.4. The summed E-state index contributed by atoms with van der Waals surface area (Å²) in [5.41, 5.74) is 2.44. The summed E-state index contributed by atoms with van der Waals surface area (Å²) in [5.74, 6) is -0.0876. The van der Waals surface area contributed by atoms with Crippen LogP contribution in [0.4, 0.5) is 0 Å². The van der Waals surface area contributed by atoms with Crippen LogP contribution in [0.5, 0.6) is 0 Å². The SMILES string of the molecule is CCCc1cc(C(=O)N(C)C(C)c2nc3ccccc3s2)n[nH]1. The maximum atomic E-state index is 12.6. The van der Waals surface area contributed by atoms with Gasteiger partial charge >= 0.3 is 0 Å². The van der Waals surface area contributed by atoms with Crippen molar-refractivity contribution in [1.29, 1.82) is 0 Å². The minimum Gasteiger partial charge on any atom is -0.331 e. The van der Waals surface area contributed by atoms with Gasteiger partial charge in [-0.05, 0) is 31.5 Å². The standard InChI is InChI=1S/C17H20N4OS/c1-4-7-12-10-14(20-19-12)17(22)21(3)11(2)16-18-13-8-5-6-9-15(13)23-16/h5-6,8-11H,4,7H2,1-3H3,(H,19,20). The highest BCUT2D eigenvalue weighted by Gasteiger charge is 2.23. The van der Waals surface area contributed by atoms with Crippen LogP contribution < -0.4 is 0 Å². The molecule has 0 fully saturated rings. The number of carbonyl (C=O) groups is 1. The van der Waals surface area contributed by atoms with Gasteiger partial charge in [0.15, 0.2) is 0 Å². The van der Waals surface area contributed by atoms with E-state index in [9.17, 15) is 4.79 Å². The first-order valence-electron chi connectivity index (χ1n) is 7.77. The van der Waals surface area contributed by atoms with Crippen molar-refractivity contribution in [3.63, 3.8) is 0 Å². The monoisotopic (exact) mass is 328 g/mol. The molecule has 0 saturated carbocycles. The Morgan fingerprint density at radius 2 is 2.17 bits per heavy atom. The molecule has 1 amide bonds. The zero-order valence-electron chi connectivity index (χ0n) is 13.5. The number of para-hydroxylation sites is 1. The third kappa shape index (κ3) is 3.12. The molecular formula is C17H20N4OS. The number of nitrogens with zero attached hydrogens (tertiary/aromatic N) is 3. The smallest absolute Gasteiger partial charge is 0.274 e. The van der Waals surface area contributed by atoms with E-state index in [1.807, 2.05) is 31.2 Å². The first-order valence-corrected chi connectivity index (χ1v) is 8.58. The topological polar surface area (TPSA) is 61.9 Å². The second kappa shape index (κ2) is 6.50. The molecule has 0 saturated heterocycles. The molecule has 0 aliphatic heterocycles. The highest BCUT2D eigenvalue weighted by molar-refractivity contribution is 7.18. The van der Waals surface area contributed by atoms with Gasteiger partial charge in [0.25, 0.3) is 5.91 Å². The van der Waals surface area contributed by atoms with Gasteiger partial charge in [-0.3, -0.25) is 9.89 Å². The number of rotatable bonds is 5. The second-order valence-corrected chi connectivity index (χ2v) is 6.70. The van der Waals surface area contributed by atoms with E-state index in [-0.39, 0.29) is 11.9 Å². The third-order valence-corrected chi connectivity index (χ3v) is 5.15. The van der Waals surface area contributed by atoms with Crippen LogP contribution in [0.1, 0.15) is 47.5 Å². The highest BCUT2D eigenvalue weighted by Crippen LogP contribution is 2.29. The Labute approximate surface area is 139 Å². The van der Waals surface area contributed by atoms with Crippen LogP contribution in [0.15, 0.2) is 30.3 Å². The van der Waals surface area contributed by atoms with Gasteiger partial charge in [-0.25, -0.2) is 4.98 Å². The van der Waals surface area contributed by atoms with Crippen LogP contribution in [0.3, 0.4) is 0 Å². The summed E-state index contributed by atoms with van der Waals surface area (Å²) in [5, 5.41) is 8.01. The molecule has 1 aromatic carbocycles. The van der Waals surface area contributed by atoms with Gasteiger partial charge in [0.05, 0.1) is 16.3 Å². The predicted octanol–water partition coefficient (Wildman–Crippen LogP) is 3.81. The lowest BCUT2D eigenvalue weighted by molar-refractivity contribution is 0.0736. The Balaban J connectivity index is 1.80. The molecule has 3 aromatic rings. The number of amides is 1. The molecule has 120 valence electrons. The minimum atomic E-state index is -0.0915. The zero-order valence-corrected chi connectivity index (χ0v) is 14.4. The van der Waals surface area contributed by atoms with Crippen molar-refractivity contribution in [2.45, 2.75) is 32.7 Å². The van der Waals surface area contributed by atoms with E-state index < -0.39 is 0 Å². The van der Waals surface area contributed by atoms with E-state index in [1.165, 1.54) is 0 Å². The average Bonchev–Trinajstić information content (AvgIpc) is 3.19. The molecule has 3 rings (SSSR count). The maximum absolute atomic E-state index is 12.6. The number of aromatic nitrogens is 3. The number of hydrogen-bond acceptors (Lipinski definition) is 4. The number of aromatic amines is 1. The summed E-state index contributed by atoms with van der Waals surface area (Å²) in [4.78, 5) is 19.0. The van der Waals surface area contributed by atoms with Gasteiger partial charge in [-0.15, -0.1) is 11.3 Å². The minimum absolute atomic E-state index is 0.0876. The molecule has 0 bridgehead atoms. The molecule has 2 aromatic heterocycles. The predicted molar refractivity (Wildman–Crippen MR) is 92.7 cm³/mol. The molecule has 1 atom stereocenters. The fraction of sp³-hybridized carbons (Fsp3) is 0.353. The van der Waals surface area contributed by atoms with Crippen molar-refractivity contribution >= 4 is 27.5 Å². The Morgan fingerprint density at radius 3 is 2.91 bits per heavy atom. The molecule has 1 unspecified atom stereocenters. The van der Waals surface area contributed by atoms with Crippen molar-refractivity contribution in [3.8, 4) is 0 Å². The van der Waals surface area contributed by atoms with Crippen molar-refractivity contribution < 1.29 is 4.79 Å². The lowest BCUT2D eigenvalue weighted by atomic mass is 10.2. The van der Waals surface area contributed by atoms with E-state index in [2.05, 4.69) is 28.2 Å². The molecule has 23 heavy (non-hydrogen) atoms. The van der Waals surface area contributed by atoms with Crippen LogP contribution >= 0.6 is 11.3 Å². The molecule has 0 aliphatic carbocycles. The van der Waals surface area contributed by atoms with Crippen molar-refractivity contribution in [3.05, 3.63) is 46.7 Å². The lowest BCUT2D eigenvalue weighted by Crippen LogP contribution is -2.29. The summed E-state index contributed by atoms with van der Waals surface area (Å²) in [6.07, 6.45) is 1.92. The number of thiazole rings is 1. The Kier molecular flexibility index (Phi) is 4.43. The molecular weight excluding hydrogens is 308 g/mol. The fourth-order valence-corrected chi connectivity index (χ4v) is 3.52. The summed E-state index contributed by atoms with van der Waals surface area (Å²) in [6.45, 7) is 4.10. The molecule has 0 spiro atoms. The van der Waals surface area contributed by atoms with E-state index in [1.54, 1.807) is 23.3 Å². The van der Waals surface area contributed by atoms with Crippen LogP contribution in [0.2, 0.25) is 0 Å². The molecule has 0 radical (unpaired) electrons. The largest absolute Gasteiger partial charge is 0.331 e. The summed E-state index contributed by atoms with van der Waals surface area (Å²) >= 11 is 1.63. The van der Waals surface area contributed by atoms with Gasteiger partial charge in [0.2, 0.25) is 0 Å². The van der Waals surface area contributed by atoms with Gasteiger partial charge in [0, 0.05) is 12.7 Å². The van der Waals surface area contributed by atoms with Gasteiger partial charge < -0.3 is 4.90 Å². The molecule has 6 heteroatoms. The lowest BCUT2D eigenvalue weighted by Gasteiger charge is -2.22. The van der Waals surface area contributed by atoms with Crippen molar-refractivity contribution in [2.24, 2.45) is 0 Å². The number of nitrogens with one attached hydrogen (secondary N) is 1.